The number of guanidine groups is 1. The van der Waals surface area contributed by atoms with E-state index in [1.54, 1.807) is 31.3 Å². The Labute approximate surface area is 160 Å². The second-order valence-electron chi connectivity index (χ2n) is 7.63. The minimum absolute atomic E-state index is 0.115. The molecule has 1 saturated heterocycles. The lowest BCUT2D eigenvalue weighted by Gasteiger charge is -2.32. The SMILES string of the molecule is CC(=O)Nc1cccc(OCC2(CC3CCCCC3)NC(=N)N(C)C2=O)c1. The molecular formula is C20H28N4O3. The van der Waals surface area contributed by atoms with Crippen molar-refractivity contribution >= 4 is 23.5 Å². The highest BCUT2D eigenvalue weighted by Crippen LogP contribution is 2.34. The van der Waals surface area contributed by atoms with Gasteiger partial charge in [-0.3, -0.25) is 19.9 Å². The number of likely N-dealkylation sites (N-methyl/N-ethyl adjacent to an activating group) is 1. The number of amides is 2. The molecular weight excluding hydrogens is 344 g/mol. The number of rotatable bonds is 6. The van der Waals surface area contributed by atoms with Crippen LogP contribution in [-0.2, 0) is 9.59 Å². The Hall–Kier alpha value is -2.57. The van der Waals surface area contributed by atoms with Gasteiger partial charge in [0.2, 0.25) is 5.91 Å². The van der Waals surface area contributed by atoms with E-state index in [2.05, 4.69) is 10.6 Å². The molecule has 1 aromatic carbocycles. The van der Waals surface area contributed by atoms with Crippen LogP contribution in [0.2, 0.25) is 0 Å². The van der Waals surface area contributed by atoms with Gasteiger partial charge in [0.15, 0.2) is 11.5 Å². The van der Waals surface area contributed by atoms with Gasteiger partial charge in [0, 0.05) is 25.7 Å². The predicted octanol–water partition coefficient (Wildman–Crippen LogP) is 2.73. The van der Waals surface area contributed by atoms with E-state index < -0.39 is 5.54 Å². The van der Waals surface area contributed by atoms with Crippen LogP contribution in [0.15, 0.2) is 24.3 Å². The van der Waals surface area contributed by atoms with E-state index in [-0.39, 0.29) is 24.4 Å². The molecule has 1 unspecified atom stereocenters. The lowest BCUT2D eigenvalue weighted by molar-refractivity contribution is -0.132. The van der Waals surface area contributed by atoms with Crippen molar-refractivity contribution < 1.29 is 14.3 Å². The average molecular weight is 372 g/mol. The summed E-state index contributed by atoms with van der Waals surface area (Å²) in [5, 5.41) is 13.9. The lowest BCUT2D eigenvalue weighted by atomic mass is 9.79. The molecule has 3 N–H and O–H groups in total. The standard InChI is InChI=1S/C20H28N4O3/c1-14(25)22-16-9-6-10-17(11-16)27-13-20(12-15-7-4-3-5-8-15)18(26)24(2)19(21)23-20/h6,9-11,15H,3-5,7-8,12-13H2,1-2H3,(H2,21,23)(H,22,25). The van der Waals surface area contributed by atoms with Crippen LogP contribution in [0, 0.1) is 11.3 Å². The Balaban J connectivity index is 1.75. The van der Waals surface area contributed by atoms with Gasteiger partial charge < -0.3 is 15.4 Å². The minimum atomic E-state index is -0.905. The third-order valence-electron chi connectivity index (χ3n) is 5.41. The van der Waals surface area contributed by atoms with E-state index in [0.717, 1.165) is 12.8 Å². The normalized spacial score (nSPS) is 23.3. The molecule has 7 nitrogen and oxygen atoms in total. The summed E-state index contributed by atoms with van der Waals surface area (Å²) >= 11 is 0. The number of ether oxygens (including phenoxy) is 1. The second kappa shape index (κ2) is 7.98. The highest BCUT2D eigenvalue weighted by atomic mass is 16.5. The molecule has 146 valence electrons. The number of anilines is 1. The molecule has 2 fully saturated rings. The summed E-state index contributed by atoms with van der Waals surface area (Å²) in [7, 11) is 1.62. The first kappa shape index (κ1) is 19.2. The molecule has 1 aliphatic heterocycles. The summed E-state index contributed by atoms with van der Waals surface area (Å²) < 4.78 is 5.97. The van der Waals surface area contributed by atoms with E-state index >= 15 is 0 Å². The van der Waals surface area contributed by atoms with Gasteiger partial charge in [-0.1, -0.05) is 38.2 Å². The van der Waals surface area contributed by atoms with E-state index in [1.807, 2.05) is 0 Å². The summed E-state index contributed by atoms with van der Waals surface area (Å²) in [5.41, 5.74) is -0.255. The Kier molecular flexibility index (Phi) is 5.68. The van der Waals surface area contributed by atoms with Crippen LogP contribution >= 0.6 is 0 Å². The van der Waals surface area contributed by atoms with Gasteiger partial charge >= 0.3 is 0 Å². The van der Waals surface area contributed by atoms with Crippen LogP contribution in [0.25, 0.3) is 0 Å². The number of hydrogen-bond donors (Lipinski definition) is 3. The summed E-state index contributed by atoms with van der Waals surface area (Å²) in [6, 6.07) is 7.12. The van der Waals surface area contributed by atoms with E-state index in [4.69, 9.17) is 10.1 Å². The summed E-state index contributed by atoms with van der Waals surface area (Å²) in [4.78, 5) is 25.5. The number of benzene rings is 1. The molecule has 1 atom stereocenters. The zero-order valence-corrected chi connectivity index (χ0v) is 16.0. The summed E-state index contributed by atoms with van der Waals surface area (Å²) in [5.74, 6) is 0.898. The topological polar surface area (TPSA) is 94.5 Å². The van der Waals surface area contributed by atoms with E-state index in [1.165, 1.54) is 31.1 Å². The van der Waals surface area contributed by atoms with Crippen molar-refractivity contribution in [3.63, 3.8) is 0 Å². The van der Waals surface area contributed by atoms with Crippen molar-refractivity contribution in [3.05, 3.63) is 24.3 Å². The number of carbonyl (C=O) groups excluding carboxylic acids is 2. The van der Waals surface area contributed by atoms with Gasteiger partial charge in [-0.15, -0.1) is 0 Å². The van der Waals surface area contributed by atoms with Crippen molar-refractivity contribution in [2.24, 2.45) is 5.92 Å². The molecule has 1 aromatic rings. The Morgan fingerprint density at radius 2 is 2.11 bits per heavy atom. The summed E-state index contributed by atoms with van der Waals surface area (Å²) in [6.45, 7) is 1.60. The van der Waals surface area contributed by atoms with Crippen molar-refractivity contribution in [1.82, 2.24) is 10.2 Å². The minimum Gasteiger partial charge on any atom is -0.491 e. The van der Waals surface area contributed by atoms with Crippen LogP contribution in [0.3, 0.4) is 0 Å². The fraction of sp³-hybridized carbons (Fsp3) is 0.550. The Morgan fingerprint density at radius 3 is 2.74 bits per heavy atom. The first-order valence-electron chi connectivity index (χ1n) is 9.55. The van der Waals surface area contributed by atoms with Crippen molar-refractivity contribution in [2.75, 3.05) is 19.0 Å². The quantitative estimate of drug-likeness (QED) is 0.716. The molecule has 0 spiro atoms. The summed E-state index contributed by atoms with van der Waals surface area (Å²) in [6.07, 6.45) is 6.55. The van der Waals surface area contributed by atoms with Gasteiger partial charge in [-0.25, -0.2) is 0 Å². The fourth-order valence-electron chi connectivity index (χ4n) is 4.04. The van der Waals surface area contributed by atoms with Crippen LogP contribution < -0.4 is 15.4 Å². The smallest absolute Gasteiger partial charge is 0.258 e. The number of carbonyl (C=O) groups is 2. The monoisotopic (exact) mass is 372 g/mol. The lowest BCUT2D eigenvalue weighted by Crippen LogP contribution is -2.53. The Bertz CT molecular complexity index is 730. The molecule has 0 aromatic heterocycles. The van der Waals surface area contributed by atoms with Crippen LogP contribution in [0.4, 0.5) is 5.69 Å². The molecule has 27 heavy (non-hydrogen) atoms. The first-order chi connectivity index (χ1) is 12.9. The molecule has 2 aliphatic rings. The highest BCUT2D eigenvalue weighted by molar-refractivity contribution is 6.07. The molecule has 0 radical (unpaired) electrons. The van der Waals surface area contributed by atoms with E-state index in [9.17, 15) is 9.59 Å². The maximum absolute atomic E-state index is 12.9. The van der Waals surface area contributed by atoms with Gasteiger partial charge in [-0.2, -0.15) is 0 Å². The van der Waals surface area contributed by atoms with Gasteiger partial charge in [-0.05, 0) is 24.5 Å². The van der Waals surface area contributed by atoms with Gasteiger partial charge in [0.1, 0.15) is 12.4 Å². The fourth-order valence-corrected chi connectivity index (χ4v) is 4.04. The van der Waals surface area contributed by atoms with Crippen molar-refractivity contribution in [1.29, 1.82) is 5.41 Å². The number of nitrogens with one attached hydrogen (secondary N) is 3. The maximum atomic E-state index is 12.9. The zero-order valence-electron chi connectivity index (χ0n) is 16.0. The highest BCUT2D eigenvalue weighted by Gasteiger charge is 2.50. The third kappa shape index (κ3) is 4.40. The molecule has 7 heteroatoms. The van der Waals surface area contributed by atoms with Crippen LogP contribution in [0.5, 0.6) is 5.75 Å². The third-order valence-corrected chi connectivity index (χ3v) is 5.41. The van der Waals surface area contributed by atoms with Crippen LogP contribution in [0.1, 0.15) is 45.4 Å². The Morgan fingerprint density at radius 1 is 1.37 bits per heavy atom. The average Bonchev–Trinajstić information content (AvgIpc) is 2.85. The molecule has 1 saturated carbocycles. The molecule has 3 rings (SSSR count). The molecule has 1 heterocycles. The first-order valence-corrected chi connectivity index (χ1v) is 9.55. The van der Waals surface area contributed by atoms with Crippen molar-refractivity contribution in [3.8, 4) is 5.75 Å². The molecule has 1 aliphatic carbocycles. The molecule has 0 bridgehead atoms. The van der Waals surface area contributed by atoms with Crippen molar-refractivity contribution in [2.45, 2.75) is 51.0 Å². The maximum Gasteiger partial charge on any atom is 0.258 e. The van der Waals surface area contributed by atoms with E-state index in [0.29, 0.717) is 23.8 Å². The van der Waals surface area contributed by atoms with Crippen LogP contribution in [-0.4, -0.2) is 41.9 Å². The predicted molar refractivity (Wildman–Crippen MR) is 104 cm³/mol. The molecule has 2 amide bonds. The van der Waals surface area contributed by atoms with Gasteiger partial charge in [0.05, 0.1) is 0 Å². The second-order valence-corrected chi connectivity index (χ2v) is 7.63. The largest absolute Gasteiger partial charge is 0.491 e. The number of nitrogens with zero attached hydrogens (tertiary/aromatic N) is 1. The number of hydrogen-bond acceptors (Lipinski definition) is 4. The van der Waals surface area contributed by atoms with Gasteiger partial charge in [0.25, 0.3) is 5.91 Å². The zero-order chi connectivity index (χ0) is 19.4.